The second-order valence-corrected chi connectivity index (χ2v) is 18.0. The number of methoxy groups -OCH3 is 1. The van der Waals surface area contributed by atoms with Crippen molar-refractivity contribution in [1.82, 2.24) is 20.6 Å². The highest BCUT2D eigenvalue weighted by Crippen LogP contribution is 2.61. The molecule has 54 heavy (non-hydrogen) atoms. The summed E-state index contributed by atoms with van der Waals surface area (Å²) in [4.78, 5) is 48.5. The van der Waals surface area contributed by atoms with E-state index in [2.05, 4.69) is 52.2 Å². The van der Waals surface area contributed by atoms with Gasteiger partial charge >= 0.3 is 5.97 Å². The molecule has 2 aromatic carbocycles. The fourth-order valence-corrected chi connectivity index (χ4v) is 9.48. The van der Waals surface area contributed by atoms with Crippen LogP contribution in [0.1, 0.15) is 94.0 Å². The summed E-state index contributed by atoms with van der Waals surface area (Å²) in [7, 11) is 5.40. The lowest BCUT2D eigenvalue weighted by molar-refractivity contribution is -0.183. The number of amides is 2. The number of hydrogen-bond donors (Lipinski definition) is 5. The average Bonchev–Trinajstić information content (AvgIpc) is 3.46. The predicted molar refractivity (Wildman–Crippen MR) is 207 cm³/mol. The van der Waals surface area contributed by atoms with Gasteiger partial charge in [0.25, 0.3) is 5.91 Å². The summed E-state index contributed by atoms with van der Waals surface area (Å²) in [5.74, 6) is -0.730. The largest absolute Gasteiger partial charge is 0.496 e. The van der Waals surface area contributed by atoms with Crippen molar-refractivity contribution < 1.29 is 39.3 Å². The van der Waals surface area contributed by atoms with Crippen molar-refractivity contribution in [3.05, 3.63) is 53.1 Å². The molecule has 0 radical (unpaired) electrons. The van der Waals surface area contributed by atoms with Crippen molar-refractivity contribution in [2.45, 2.75) is 105 Å². The Morgan fingerprint density at radius 1 is 1.11 bits per heavy atom. The monoisotopic (exact) mass is 750 g/mol. The molecule has 12 heteroatoms. The number of fused-ring (bicyclic) bond motifs is 2. The van der Waals surface area contributed by atoms with Gasteiger partial charge in [-0.3, -0.25) is 14.4 Å². The first-order chi connectivity index (χ1) is 25.2. The normalized spacial score (nSPS) is 27.5. The molecule has 1 heterocycles. The molecule has 0 spiro atoms. The van der Waals surface area contributed by atoms with Crippen LogP contribution in [0.25, 0.3) is 11.1 Å². The number of carboxylic acid groups (broad SMARTS) is 1. The van der Waals surface area contributed by atoms with E-state index in [0.717, 1.165) is 12.8 Å². The van der Waals surface area contributed by atoms with Gasteiger partial charge in [0.1, 0.15) is 17.9 Å². The zero-order valence-electron chi connectivity index (χ0n) is 33.7. The highest BCUT2D eigenvalue weighted by Gasteiger charge is 2.57. The number of carbonyl (C=O) groups is 3. The molecule has 12 nitrogen and oxygen atoms in total. The van der Waals surface area contributed by atoms with Crippen LogP contribution >= 0.6 is 0 Å². The fourth-order valence-electron chi connectivity index (χ4n) is 9.48. The average molecular weight is 751 g/mol. The minimum atomic E-state index is -1.17. The first kappa shape index (κ1) is 41.6. The SMILES string of the molecule is COc1c(CN2O[C@@H](CO)[C@@H]([C@H](C)O)[C@H]2C(=O)N[C@H]2C[C@@H]3C[C@H]([C@@H]2C)C3(C)C)cccc1-c1cc(C(=O)O)cc(C(=O)N[C@H](CN(C)C)CC(C)(C)C)c1. The third kappa shape index (κ3) is 8.78. The molecular formula is C42H62N4O8. The number of likely N-dealkylation sites (N-methyl/N-ethyl adjacent to an activating group) is 1. The Balaban J connectivity index is 1.45. The summed E-state index contributed by atoms with van der Waals surface area (Å²) in [6.07, 6.45) is 1.03. The number of nitrogens with zero attached hydrogens (tertiary/aromatic N) is 2. The molecule has 0 aromatic heterocycles. The summed E-state index contributed by atoms with van der Waals surface area (Å²) < 4.78 is 5.96. The van der Waals surface area contributed by atoms with Crippen LogP contribution in [-0.4, -0.2) is 108 Å². The number of aliphatic hydroxyl groups is 2. The maximum absolute atomic E-state index is 14.2. The van der Waals surface area contributed by atoms with Gasteiger partial charge in [0.15, 0.2) is 0 Å². The van der Waals surface area contributed by atoms with Crippen LogP contribution in [0.4, 0.5) is 0 Å². The van der Waals surface area contributed by atoms with Crippen molar-refractivity contribution >= 4 is 17.8 Å². The van der Waals surface area contributed by atoms with Gasteiger partial charge in [0.05, 0.1) is 31.9 Å². The quantitative estimate of drug-likeness (QED) is 0.181. The number of ether oxygens (including phenoxy) is 1. The summed E-state index contributed by atoms with van der Waals surface area (Å²) in [6, 6.07) is 8.91. The molecule has 3 saturated carbocycles. The molecular weight excluding hydrogens is 688 g/mol. The zero-order chi connectivity index (χ0) is 39.9. The highest BCUT2D eigenvalue weighted by atomic mass is 16.7. The van der Waals surface area contributed by atoms with Gasteiger partial charge in [0.2, 0.25) is 5.91 Å². The van der Waals surface area contributed by atoms with Crippen molar-refractivity contribution in [3.63, 3.8) is 0 Å². The van der Waals surface area contributed by atoms with Gasteiger partial charge in [-0.2, -0.15) is 5.06 Å². The van der Waals surface area contributed by atoms with Crippen LogP contribution in [-0.2, 0) is 16.2 Å². The minimum Gasteiger partial charge on any atom is -0.496 e. The molecule has 9 atom stereocenters. The molecule has 2 amide bonds. The lowest BCUT2D eigenvalue weighted by Crippen LogP contribution is -2.62. The molecule has 0 unspecified atom stereocenters. The van der Waals surface area contributed by atoms with Crippen LogP contribution in [0.3, 0.4) is 0 Å². The minimum absolute atomic E-state index is 0.00338. The number of hydrogen-bond acceptors (Lipinski definition) is 9. The topological polar surface area (TPSA) is 161 Å². The maximum Gasteiger partial charge on any atom is 0.335 e. The molecule has 1 aliphatic heterocycles. The number of rotatable bonds is 14. The Bertz CT molecular complexity index is 1690. The molecule has 298 valence electrons. The van der Waals surface area contributed by atoms with Crippen LogP contribution in [0.15, 0.2) is 36.4 Å². The number of hydroxylamine groups is 2. The van der Waals surface area contributed by atoms with Gasteiger partial charge < -0.3 is 35.6 Å². The van der Waals surface area contributed by atoms with Crippen LogP contribution < -0.4 is 15.4 Å². The van der Waals surface area contributed by atoms with Crippen LogP contribution in [0.2, 0.25) is 0 Å². The number of aliphatic hydroxyl groups excluding tert-OH is 2. The van der Waals surface area contributed by atoms with E-state index >= 15 is 0 Å². The number of para-hydroxylation sites is 1. The third-order valence-corrected chi connectivity index (χ3v) is 12.2. The molecule has 1 saturated heterocycles. The molecule has 6 rings (SSSR count). The van der Waals surface area contributed by atoms with E-state index in [1.165, 1.54) is 30.7 Å². The van der Waals surface area contributed by atoms with E-state index in [0.29, 0.717) is 46.7 Å². The Labute approximate surface area is 320 Å². The first-order valence-electron chi connectivity index (χ1n) is 19.3. The predicted octanol–water partition coefficient (Wildman–Crippen LogP) is 4.82. The number of benzene rings is 2. The first-order valence-corrected chi connectivity index (χ1v) is 19.3. The number of carboxylic acids is 1. The molecule has 5 N–H and O–H groups in total. The van der Waals surface area contributed by atoms with Crippen molar-refractivity contribution in [3.8, 4) is 16.9 Å². The smallest absolute Gasteiger partial charge is 0.335 e. The Morgan fingerprint density at radius 3 is 2.35 bits per heavy atom. The van der Waals surface area contributed by atoms with Crippen molar-refractivity contribution in [1.29, 1.82) is 0 Å². The Morgan fingerprint density at radius 2 is 1.80 bits per heavy atom. The zero-order valence-corrected chi connectivity index (χ0v) is 33.7. The second-order valence-electron chi connectivity index (χ2n) is 18.0. The number of nitrogens with one attached hydrogen (secondary N) is 2. The second kappa shape index (κ2) is 16.3. The summed E-state index contributed by atoms with van der Waals surface area (Å²) in [5.41, 5.74) is 2.02. The number of aromatic carboxylic acids is 1. The molecule has 4 fully saturated rings. The van der Waals surface area contributed by atoms with E-state index in [9.17, 15) is 29.7 Å². The van der Waals surface area contributed by atoms with E-state index in [4.69, 9.17) is 9.57 Å². The number of carbonyl (C=O) groups excluding carboxylic acids is 2. The van der Waals surface area contributed by atoms with Gasteiger partial charge in [-0.05, 0) is 92.6 Å². The van der Waals surface area contributed by atoms with Crippen molar-refractivity contribution in [2.75, 3.05) is 34.4 Å². The summed E-state index contributed by atoms with van der Waals surface area (Å²) >= 11 is 0. The van der Waals surface area contributed by atoms with Gasteiger partial charge in [-0.1, -0.05) is 59.7 Å². The van der Waals surface area contributed by atoms with E-state index in [1.807, 2.05) is 25.1 Å². The van der Waals surface area contributed by atoms with Crippen molar-refractivity contribution in [2.24, 2.45) is 34.5 Å². The molecule has 2 bridgehead atoms. The van der Waals surface area contributed by atoms with E-state index < -0.39 is 30.1 Å². The summed E-state index contributed by atoms with van der Waals surface area (Å²) in [5, 5.41) is 39.3. The molecule has 3 aliphatic carbocycles. The summed E-state index contributed by atoms with van der Waals surface area (Å²) in [6.45, 7) is 15.1. The standard InChI is InChI=1S/C42H62N4O8/c1-23-32-17-29(42(32,6)7)18-33(23)44-39(50)36-35(24(2)48)34(22-47)54-46(36)20-25-12-11-13-31(37(25)53-10)26-14-27(16-28(15-26)40(51)52)38(49)43-30(21-45(8)9)19-41(3,4)5/h11-16,23-24,29-30,32-36,47-48H,17-22H2,1-10H3,(H,43,49)(H,44,50)(H,51,52)/t23-,24-,29-,30-,32+,33-,34-,35+,36-/m0/s1. The Kier molecular flexibility index (Phi) is 12.5. The van der Waals surface area contributed by atoms with Gasteiger partial charge in [-0.15, -0.1) is 0 Å². The van der Waals surface area contributed by atoms with Crippen LogP contribution in [0.5, 0.6) is 5.75 Å². The lowest BCUT2D eigenvalue weighted by atomic mass is 9.45. The van der Waals surface area contributed by atoms with Crippen LogP contribution in [0, 0.1) is 34.5 Å². The van der Waals surface area contributed by atoms with Gasteiger partial charge in [0, 0.05) is 41.2 Å². The lowest BCUT2D eigenvalue weighted by Gasteiger charge is -2.62. The van der Waals surface area contributed by atoms with E-state index in [-0.39, 0.29) is 59.0 Å². The van der Waals surface area contributed by atoms with Gasteiger partial charge in [-0.25, -0.2) is 4.79 Å². The Hall–Kier alpha value is -3.55. The third-order valence-electron chi connectivity index (χ3n) is 12.2. The highest BCUT2D eigenvalue weighted by molar-refractivity contribution is 6.00. The maximum atomic E-state index is 14.2. The fraction of sp³-hybridized carbons (Fsp3) is 0.643. The van der Waals surface area contributed by atoms with E-state index in [1.54, 1.807) is 25.1 Å². The molecule has 4 aliphatic rings. The molecule has 2 aromatic rings.